The van der Waals surface area contributed by atoms with E-state index in [1.165, 1.54) is 10.9 Å². The van der Waals surface area contributed by atoms with Crippen molar-refractivity contribution < 1.29 is 0 Å². The van der Waals surface area contributed by atoms with E-state index in [0.29, 0.717) is 11.3 Å². The molecule has 0 spiro atoms. The molecule has 5 heteroatoms. The van der Waals surface area contributed by atoms with Gasteiger partial charge in [-0.15, -0.1) is 0 Å². The molecule has 0 atom stereocenters. The zero-order valence-corrected chi connectivity index (χ0v) is 11.5. The van der Waals surface area contributed by atoms with E-state index in [0.717, 1.165) is 17.0 Å². The summed E-state index contributed by atoms with van der Waals surface area (Å²) in [6, 6.07) is 8.28. The maximum absolute atomic E-state index is 5.75. The van der Waals surface area contributed by atoms with Gasteiger partial charge in [0.1, 0.15) is 0 Å². The SMILES string of the molecule is Cn1cc(-c2nc(Br)[nH]c2CN)c2ccccc21. The van der Waals surface area contributed by atoms with Crippen molar-refractivity contribution in [3.8, 4) is 11.3 Å². The molecule has 18 heavy (non-hydrogen) atoms. The Hall–Kier alpha value is -1.59. The summed E-state index contributed by atoms with van der Waals surface area (Å²) in [6.07, 6.45) is 2.09. The van der Waals surface area contributed by atoms with Crippen LogP contribution in [-0.2, 0) is 13.6 Å². The molecule has 0 saturated heterocycles. The molecule has 0 fully saturated rings. The molecule has 2 heterocycles. The van der Waals surface area contributed by atoms with Crippen LogP contribution in [0.1, 0.15) is 5.69 Å². The Morgan fingerprint density at radius 1 is 1.39 bits per heavy atom. The number of hydrogen-bond donors (Lipinski definition) is 2. The Balaban J connectivity index is 2.31. The summed E-state index contributed by atoms with van der Waals surface area (Å²) in [4.78, 5) is 7.62. The van der Waals surface area contributed by atoms with Crippen LogP contribution in [0.15, 0.2) is 35.2 Å². The van der Waals surface area contributed by atoms with Gasteiger partial charge >= 0.3 is 0 Å². The average molecular weight is 305 g/mol. The monoisotopic (exact) mass is 304 g/mol. The van der Waals surface area contributed by atoms with Crippen molar-refractivity contribution >= 4 is 26.8 Å². The lowest BCUT2D eigenvalue weighted by Gasteiger charge is -1.98. The van der Waals surface area contributed by atoms with Gasteiger partial charge in [-0.3, -0.25) is 0 Å². The number of aryl methyl sites for hydroxylation is 1. The second-order valence-corrected chi connectivity index (χ2v) is 4.98. The number of para-hydroxylation sites is 1. The zero-order valence-electron chi connectivity index (χ0n) is 9.94. The Labute approximate surface area is 113 Å². The van der Waals surface area contributed by atoms with Crippen LogP contribution in [0.2, 0.25) is 0 Å². The Morgan fingerprint density at radius 2 is 2.17 bits per heavy atom. The predicted molar refractivity (Wildman–Crippen MR) is 76.1 cm³/mol. The van der Waals surface area contributed by atoms with Crippen molar-refractivity contribution in [3.05, 3.63) is 40.9 Å². The first kappa shape index (κ1) is 11.5. The minimum atomic E-state index is 0.442. The second-order valence-electron chi connectivity index (χ2n) is 4.23. The van der Waals surface area contributed by atoms with Crippen molar-refractivity contribution in [1.29, 1.82) is 0 Å². The maximum Gasteiger partial charge on any atom is 0.175 e. The van der Waals surface area contributed by atoms with E-state index in [9.17, 15) is 0 Å². The highest BCUT2D eigenvalue weighted by atomic mass is 79.9. The largest absolute Gasteiger partial charge is 0.350 e. The van der Waals surface area contributed by atoms with E-state index in [4.69, 9.17) is 5.73 Å². The minimum absolute atomic E-state index is 0.442. The molecule has 0 aliphatic carbocycles. The summed E-state index contributed by atoms with van der Waals surface area (Å²) in [5.41, 5.74) is 9.91. The number of benzene rings is 1. The van der Waals surface area contributed by atoms with Gasteiger partial charge in [0.05, 0.1) is 11.4 Å². The lowest BCUT2D eigenvalue weighted by Crippen LogP contribution is -1.98. The van der Waals surface area contributed by atoms with Gasteiger partial charge < -0.3 is 15.3 Å². The van der Waals surface area contributed by atoms with Gasteiger partial charge in [-0.1, -0.05) is 18.2 Å². The molecule has 0 aliphatic heterocycles. The highest BCUT2D eigenvalue weighted by molar-refractivity contribution is 9.10. The number of rotatable bonds is 2. The highest BCUT2D eigenvalue weighted by Gasteiger charge is 2.15. The van der Waals surface area contributed by atoms with Crippen molar-refractivity contribution in [2.45, 2.75) is 6.54 Å². The predicted octanol–water partition coefficient (Wildman–Crippen LogP) is 2.79. The van der Waals surface area contributed by atoms with E-state index < -0.39 is 0 Å². The molecular formula is C13H13BrN4. The van der Waals surface area contributed by atoms with Gasteiger partial charge in [-0.25, -0.2) is 4.98 Å². The second kappa shape index (κ2) is 4.26. The number of hydrogen-bond acceptors (Lipinski definition) is 2. The number of imidazole rings is 1. The Bertz CT molecular complexity index is 711. The van der Waals surface area contributed by atoms with E-state index in [1.54, 1.807) is 0 Å². The third kappa shape index (κ3) is 1.67. The number of nitrogens with zero attached hydrogens (tertiary/aromatic N) is 2. The molecule has 0 radical (unpaired) electrons. The summed E-state index contributed by atoms with van der Waals surface area (Å²) < 4.78 is 2.82. The third-order valence-electron chi connectivity index (χ3n) is 3.11. The zero-order chi connectivity index (χ0) is 12.7. The van der Waals surface area contributed by atoms with Gasteiger partial charge in [0.25, 0.3) is 0 Å². The van der Waals surface area contributed by atoms with Crippen LogP contribution in [-0.4, -0.2) is 14.5 Å². The molecule has 92 valence electrons. The normalized spacial score (nSPS) is 11.3. The molecule has 3 N–H and O–H groups in total. The molecule has 0 aliphatic rings. The summed E-state index contributed by atoms with van der Waals surface area (Å²) in [5.74, 6) is 0. The maximum atomic E-state index is 5.75. The van der Waals surface area contributed by atoms with Gasteiger partial charge in [0.15, 0.2) is 4.73 Å². The van der Waals surface area contributed by atoms with E-state index in [-0.39, 0.29) is 0 Å². The molecule has 3 rings (SSSR count). The smallest absolute Gasteiger partial charge is 0.175 e. The average Bonchev–Trinajstić information content (AvgIpc) is 2.91. The quantitative estimate of drug-likeness (QED) is 0.765. The third-order valence-corrected chi connectivity index (χ3v) is 3.48. The minimum Gasteiger partial charge on any atom is -0.350 e. The molecular weight excluding hydrogens is 292 g/mol. The number of halogens is 1. The van der Waals surface area contributed by atoms with E-state index in [1.807, 2.05) is 19.2 Å². The van der Waals surface area contributed by atoms with Crippen molar-refractivity contribution in [2.75, 3.05) is 0 Å². The van der Waals surface area contributed by atoms with Gasteiger partial charge in [-0.2, -0.15) is 0 Å². The molecule has 4 nitrogen and oxygen atoms in total. The first-order chi connectivity index (χ1) is 8.70. The number of nitrogens with two attached hydrogens (primary N) is 1. The fraction of sp³-hybridized carbons (Fsp3) is 0.154. The fourth-order valence-corrected chi connectivity index (χ4v) is 2.69. The Kier molecular flexibility index (Phi) is 2.72. The lowest BCUT2D eigenvalue weighted by molar-refractivity contribution is 0.968. The summed E-state index contributed by atoms with van der Waals surface area (Å²) in [5, 5.41) is 1.19. The summed E-state index contributed by atoms with van der Waals surface area (Å²) in [6.45, 7) is 0.442. The number of aromatic amines is 1. The van der Waals surface area contributed by atoms with Gasteiger partial charge in [-0.05, 0) is 22.0 Å². The molecule has 2 aromatic heterocycles. The molecule has 0 amide bonds. The molecule has 0 bridgehead atoms. The van der Waals surface area contributed by atoms with Crippen molar-refractivity contribution in [2.24, 2.45) is 12.8 Å². The summed E-state index contributed by atoms with van der Waals surface area (Å²) >= 11 is 3.36. The first-order valence-corrected chi connectivity index (χ1v) is 6.49. The van der Waals surface area contributed by atoms with E-state index in [2.05, 4.69) is 48.8 Å². The first-order valence-electron chi connectivity index (χ1n) is 5.69. The van der Waals surface area contributed by atoms with Crippen LogP contribution in [0, 0.1) is 0 Å². The van der Waals surface area contributed by atoms with Gasteiger partial charge in [0.2, 0.25) is 0 Å². The fourth-order valence-electron chi connectivity index (χ4n) is 2.28. The van der Waals surface area contributed by atoms with Crippen LogP contribution < -0.4 is 5.73 Å². The summed E-state index contributed by atoms with van der Waals surface area (Å²) in [7, 11) is 2.04. The van der Waals surface area contributed by atoms with Crippen LogP contribution >= 0.6 is 15.9 Å². The van der Waals surface area contributed by atoms with Crippen LogP contribution in [0.4, 0.5) is 0 Å². The number of H-pyrrole nitrogens is 1. The molecule has 1 aromatic carbocycles. The van der Waals surface area contributed by atoms with Crippen LogP contribution in [0.3, 0.4) is 0 Å². The van der Waals surface area contributed by atoms with Crippen LogP contribution in [0.25, 0.3) is 22.2 Å². The number of nitrogens with one attached hydrogen (secondary N) is 1. The van der Waals surface area contributed by atoms with Crippen molar-refractivity contribution in [1.82, 2.24) is 14.5 Å². The molecule has 3 aromatic rings. The number of fused-ring (bicyclic) bond motifs is 1. The van der Waals surface area contributed by atoms with Crippen LogP contribution in [0.5, 0.6) is 0 Å². The number of aromatic nitrogens is 3. The molecule has 0 saturated carbocycles. The standard InChI is InChI=1S/C13H13BrN4/c1-18-7-9(8-4-2-3-5-11(8)18)12-10(6-15)16-13(14)17-12/h2-5,7H,6,15H2,1H3,(H,16,17). The Morgan fingerprint density at radius 3 is 2.94 bits per heavy atom. The lowest BCUT2D eigenvalue weighted by atomic mass is 10.1. The van der Waals surface area contributed by atoms with E-state index >= 15 is 0 Å². The van der Waals surface area contributed by atoms with Crippen molar-refractivity contribution in [3.63, 3.8) is 0 Å². The topological polar surface area (TPSA) is 59.6 Å². The highest BCUT2D eigenvalue weighted by Crippen LogP contribution is 2.31. The van der Waals surface area contributed by atoms with Gasteiger partial charge in [0, 0.05) is 36.3 Å². The molecule has 0 unspecified atom stereocenters.